The third kappa shape index (κ3) is 6.17. The maximum atomic E-state index is 15.2. The second-order valence-corrected chi connectivity index (χ2v) is 8.23. The summed E-state index contributed by atoms with van der Waals surface area (Å²) < 4.78 is 74.8. The lowest BCUT2D eigenvalue weighted by Crippen LogP contribution is -2.18. The van der Waals surface area contributed by atoms with E-state index in [4.69, 9.17) is 4.74 Å². The van der Waals surface area contributed by atoms with Crippen molar-refractivity contribution in [2.24, 2.45) is 0 Å². The smallest absolute Gasteiger partial charge is 0.403 e. The fourth-order valence-corrected chi connectivity index (χ4v) is 3.98. The van der Waals surface area contributed by atoms with Gasteiger partial charge in [0.2, 0.25) is 0 Å². The lowest BCUT2D eigenvalue weighted by molar-refractivity contribution is -0.275. The zero-order valence-electron chi connectivity index (χ0n) is 19.0. The van der Waals surface area contributed by atoms with E-state index in [-0.39, 0.29) is 18.7 Å². The number of ether oxygens (including phenoxy) is 2. The molecule has 4 rings (SSSR count). The first-order chi connectivity index (χ1) is 16.7. The van der Waals surface area contributed by atoms with Gasteiger partial charge in [0, 0.05) is 12.5 Å². The summed E-state index contributed by atoms with van der Waals surface area (Å²) in [6.45, 7) is 0.656. The van der Waals surface area contributed by atoms with Crippen molar-refractivity contribution >= 4 is 10.8 Å². The highest BCUT2D eigenvalue weighted by molar-refractivity contribution is 5.88. The maximum absolute atomic E-state index is 15.2. The quantitative estimate of drug-likeness (QED) is 0.238. The Kier molecular flexibility index (Phi) is 7.36. The van der Waals surface area contributed by atoms with Gasteiger partial charge in [0.05, 0.1) is 6.61 Å². The number of benzene rings is 4. The number of fused-ring (bicyclic) bond motifs is 1. The van der Waals surface area contributed by atoms with Crippen LogP contribution in [0.15, 0.2) is 72.8 Å². The minimum atomic E-state index is -4.97. The summed E-state index contributed by atoms with van der Waals surface area (Å²) in [4.78, 5) is 0. The molecule has 0 spiro atoms. The van der Waals surface area contributed by atoms with Gasteiger partial charge in [-0.1, -0.05) is 54.6 Å². The van der Waals surface area contributed by atoms with Crippen LogP contribution < -0.4 is 4.74 Å². The Hall–Kier alpha value is -3.45. The van der Waals surface area contributed by atoms with Crippen molar-refractivity contribution < 1.29 is 31.4 Å². The number of hydrogen-bond donors (Lipinski definition) is 0. The minimum Gasteiger partial charge on any atom is -0.403 e. The van der Waals surface area contributed by atoms with Crippen LogP contribution in [0.2, 0.25) is 0 Å². The molecule has 0 atom stereocenters. The molecule has 7 heteroatoms. The van der Waals surface area contributed by atoms with Crippen molar-refractivity contribution in [3.63, 3.8) is 0 Å². The third-order valence-corrected chi connectivity index (χ3v) is 5.82. The molecule has 0 aromatic heterocycles. The van der Waals surface area contributed by atoms with E-state index in [0.29, 0.717) is 23.1 Å². The molecule has 35 heavy (non-hydrogen) atoms. The van der Waals surface area contributed by atoms with Crippen LogP contribution in [0.3, 0.4) is 0 Å². The van der Waals surface area contributed by atoms with E-state index in [2.05, 4.69) is 4.74 Å². The summed E-state index contributed by atoms with van der Waals surface area (Å²) in [5.74, 6) is -2.36. The molecule has 0 aliphatic heterocycles. The first-order valence-electron chi connectivity index (χ1n) is 11.1. The number of alkyl halides is 3. The number of methoxy groups -OCH3 is 1. The van der Waals surface area contributed by atoms with Crippen molar-refractivity contribution in [1.82, 2.24) is 0 Å². The summed E-state index contributed by atoms with van der Waals surface area (Å²) in [6, 6.07) is 20.5. The Morgan fingerprint density at radius 3 is 2.11 bits per heavy atom. The van der Waals surface area contributed by atoms with Crippen LogP contribution in [0.5, 0.6) is 5.75 Å². The van der Waals surface area contributed by atoms with Crippen LogP contribution in [-0.4, -0.2) is 20.1 Å². The fraction of sp³-hybridized carbons (Fsp3) is 0.214. The molecule has 0 saturated heterocycles. The molecule has 0 aliphatic carbocycles. The van der Waals surface area contributed by atoms with E-state index in [1.807, 2.05) is 42.5 Å². The van der Waals surface area contributed by atoms with Crippen LogP contribution in [0, 0.1) is 11.6 Å². The predicted octanol–water partition coefficient (Wildman–Crippen LogP) is 7.66. The van der Waals surface area contributed by atoms with Gasteiger partial charge >= 0.3 is 6.36 Å². The monoisotopic (exact) mass is 486 g/mol. The molecule has 182 valence electrons. The molecular formula is C28H23F5O2. The van der Waals surface area contributed by atoms with E-state index in [9.17, 15) is 17.6 Å². The maximum Gasteiger partial charge on any atom is 0.573 e. The average Bonchev–Trinajstić information content (AvgIpc) is 2.83. The van der Waals surface area contributed by atoms with Gasteiger partial charge in [-0.2, -0.15) is 0 Å². The summed E-state index contributed by atoms with van der Waals surface area (Å²) in [6.07, 6.45) is -3.60. The Labute approximate surface area is 199 Å². The van der Waals surface area contributed by atoms with E-state index in [1.165, 1.54) is 11.6 Å². The summed E-state index contributed by atoms with van der Waals surface area (Å²) in [5, 5.41) is 1.23. The number of rotatable bonds is 8. The Bertz CT molecular complexity index is 1310. The number of aryl methyl sites for hydroxylation is 2. The molecule has 0 saturated carbocycles. The first-order valence-corrected chi connectivity index (χ1v) is 11.1. The van der Waals surface area contributed by atoms with Crippen molar-refractivity contribution in [2.75, 3.05) is 13.7 Å². The summed E-state index contributed by atoms with van der Waals surface area (Å²) >= 11 is 0. The molecule has 0 radical (unpaired) electrons. The second kappa shape index (κ2) is 10.4. The van der Waals surface area contributed by atoms with Crippen molar-refractivity contribution in [3.05, 3.63) is 101 Å². The first kappa shape index (κ1) is 24.7. The minimum absolute atomic E-state index is 0.263. The zero-order chi connectivity index (χ0) is 25.0. The Morgan fingerprint density at radius 2 is 1.43 bits per heavy atom. The van der Waals surface area contributed by atoms with Gasteiger partial charge in [-0.3, -0.25) is 0 Å². The van der Waals surface area contributed by atoms with Crippen LogP contribution in [0.25, 0.3) is 21.9 Å². The lowest BCUT2D eigenvalue weighted by atomic mass is 9.96. The number of hydrogen-bond acceptors (Lipinski definition) is 2. The second-order valence-electron chi connectivity index (χ2n) is 8.23. The zero-order valence-corrected chi connectivity index (χ0v) is 19.0. The van der Waals surface area contributed by atoms with Gasteiger partial charge in [-0.05, 0) is 70.7 Å². The van der Waals surface area contributed by atoms with Gasteiger partial charge in [-0.15, -0.1) is 13.2 Å². The fourth-order valence-electron chi connectivity index (χ4n) is 3.98. The summed E-state index contributed by atoms with van der Waals surface area (Å²) in [7, 11) is 1.67. The highest BCUT2D eigenvalue weighted by Crippen LogP contribution is 2.29. The third-order valence-electron chi connectivity index (χ3n) is 5.82. The molecule has 0 bridgehead atoms. The van der Waals surface area contributed by atoms with Crippen LogP contribution in [0.1, 0.15) is 16.7 Å². The molecule has 0 amide bonds. The molecule has 0 heterocycles. The van der Waals surface area contributed by atoms with Gasteiger partial charge in [-0.25, -0.2) is 8.78 Å². The van der Waals surface area contributed by atoms with Crippen LogP contribution in [-0.2, 0) is 24.0 Å². The molecule has 2 nitrogen and oxygen atoms in total. The van der Waals surface area contributed by atoms with Gasteiger partial charge < -0.3 is 9.47 Å². The van der Waals surface area contributed by atoms with Crippen molar-refractivity contribution in [1.29, 1.82) is 0 Å². The lowest BCUT2D eigenvalue weighted by Gasteiger charge is -2.11. The highest BCUT2D eigenvalue weighted by Gasteiger charge is 2.32. The van der Waals surface area contributed by atoms with Gasteiger partial charge in [0.1, 0.15) is 5.82 Å². The Balaban J connectivity index is 1.48. The molecule has 0 aliphatic rings. The molecule has 4 aromatic rings. The van der Waals surface area contributed by atoms with Gasteiger partial charge in [0.25, 0.3) is 0 Å². The molecule has 0 N–H and O–H groups in total. The topological polar surface area (TPSA) is 18.5 Å². The summed E-state index contributed by atoms with van der Waals surface area (Å²) in [5.41, 5.74) is 4.07. The SMILES string of the molecule is COCCc1ccc(-c2ccc3c(F)c(CCc4ccc(OC(F)(F)F)c(F)c4)ccc3c2)cc1. The van der Waals surface area contributed by atoms with E-state index >= 15 is 4.39 Å². The standard InChI is InChI=1S/C28H23F5O2/c1-34-15-14-18-2-6-20(7-3-18)22-11-12-24-23(17-22)10-9-21(27(24)30)8-4-19-5-13-26(25(29)16-19)35-28(31,32)33/h2-3,5-7,9-13,16-17H,4,8,14-15H2,1H3. The molecule has 0 fully saturated rings. The normalized spacial score (nSPS) is 11.7. The molecular weight excluding hydrogens is 463 g/mol. The van der Waals surface area contributed by atoms with Gasteiger partial charge in [0.15, 0.2) is 11.6 Å². The van der Waals surface area contributed by atoms with Crippen LogP contribution in [0.4, 0.5) is 22.0 Å². The van der Waals surface area contributed by atoms with Crippen molar-refractivity contribution in [2.45, 2.75) is 25.6 Å². The number of halogens is 5. The predicted molar refractivity (Wildman–Crippen MR) is 125 cm³/mol. The van der Waals surface area contributed by atoms with E-state index in [1.54, 1.807) is 19.2 Å². The Morgan fingerprint density at radius 1 is 0.714 bits per heavy atom. The highest BCUT2D eigenvalue weighted by atomic mass is 19.4. The van der Waals surface area contributed by atoms with E-state index < -0.39 is 17.9 Å². The van der Waals surface area contributed by atoms with Crippen molar-refractivity contribution in [3.8, 4) is 16.9 Å². The van der Waals surface area contributed by atoms with E-state index in [0.717, 1.165) is 35.1 Å². The largest absolute Gasteiger partial charge is 0.573 e. The van der Waals surface area contributed by atoms with Crippen LogP contribution >= 0.6 is 0 Å². The molecule has 0 unspecified atom stereocenters. The average molecular weight is 486 g/mol. The molecule has 4 aromatic carbocycles.